The van der Waals surface area contributed by atoms with Gasteiger partial charge >= 0.3 is 0 Å². The molecule has 3 nitrogen and oxygen atoms in total. The number of hydrogen-bond acceptors (Lipinski definition) is 3. The summed E-state index contributed by atoms with van der Waals surface area (Å²) in [7, 11) is 0. The summed E-state index contributed by atoms with van der Waals surface area (Å²) < 4.78 is 5.06. The number of nitrogens with zero attached hydrogens (tertiary/aromatic N) is 2. The summed E-state index contributed by atoms with van der Waals surface area (Å²) in [5.41, 5.74) is 2.80. The van der Waals surface area contributed by atoms with Crippen LogP contribution in [-0.2, 0) is 0 Å². The Morgan fingerprint density at radius 2 is 1.94 bits per heavy atom. The smallest absolute Gasteiger partial charge is 0.192 e. The van der Waals surface area contributed by atoms with E-state index in [2.05, 4.69) is 18.0 Å². The highest BCUT2D eigenvalue weighted by atomic mass is 127. The van der Waals surface area contributed by atoms with E-state index in [-0.39, 0.29) is 5.92 Å². The molecule has 0 aliphatic carbocycles. The van der Waals surface area contributed by atoms with Gasteiger partial charge in [-0.25, -0.2) is 0 Å². The third-order valence-corrected chi connectivity index (χ3v) is 3.34. The Morgan fingerprint density at radius 3 is 2.44 bits per heavy atom. The van der Waals surface area contributed by atoms with Crippen molar-refractivity contribution in [3.63, 3.8) is 0 Å². The quantitative estimate of drug-likeness (QED) is 0.791. The fraction of sp³-hybridized carbons (Fsp3) is 0.143. The average Bonchev–Trinajstić information content (AvgIpc) is 2.47. The van der Waals surface area contributed by atoms with Gasteiger partial charge in [-0.2, -0.15) is 5.26 Å². The third kappa shape index (κ3) is 2.79. The Morgan fingerprint density at radius 1 is 1.22 bits per heavy atom. The molecule has 0 spiro atoms. The van der Waals surface area contributed by atoms with Crippen LogP contribution in [0.1, 0.15) is 29.7 Å². The molecule has 1 heterocycles. The van der Waals surface area contributed by atoms with Gasteiger partial charge in [-0.05, 0) is 29.8 Å². The molecule has 0 radical (unpaired) electrons. The van der Waals surface area contributed by atoms with E-state index in [0.29, 0.717) is 5.56 Å². The van der Waals surface area contributed by atoms with E-state index in [1.807, 2.05) is 59.4 Å². The van der Waals surface area contributed by atoms with Crippen molar-refractivity contribution in [1.82, 2.24) is 4.98 Å². The molecule has 0 fully saturated rings. The molecule has 1 unspecified atom stereocenters. The largest absolute Gasteiger partial charge is 0.426 e. The number of hydrogen-bond donors (Lipinski definition) is 0. The molecule has 0 saturated heterocycles. The average molecular weight is 350 g/mol. The topological polar surface area (TPSA) is 45.9 Å². The minimum Gasteiger partial charge on any atom is -0.426 e. The molecule has 1 atom stereocenters. The molecule has 1 aromatic heterocycles. The first-order valence-electron chi connectivity index (χ1n) is 5.49. The molecule has 0 bridgehead atoms. The van der Waals surface area contributed by atoms with Crippen molar-refractivity contribution in [1.29, 1.82) is 5.26 Å². The molecule has 90 valence electrons. The number of rotatable bonds is 3. The van der Waals surface area contributed by atoms with Crippen molar-refractivity contribution in [3.8, 4) is 11.8 Å². The predicted molar refractivity (Wildman–Crippen MR) is 77.6 cm³/mol. The normalized spacial score (nSPS) is 11.6. The van der Waals surface area contributed by atoms with E-state index in [0.717, 1.165) is 17.0 Å². The second kappa shape index (κ2) is 5.83. The second-order valence-electron chi connectivity index (χ2n) is 3.95. The van der Waals surface area contributed by atoms with Gasteiger partial charge in [0.15, 0.2) is 28.8 Å². The maximum absolute atomic E-state index is 8.76. The van der Waals surface area contributed by atoms with Crippen LogP contribution in [-0.4, -0.2) is 4.98 Å². The fourth-order valence-corrected chi connectivity index (χ4v) is 1.97. The zero-order chi connectivity index (χ0) is 13.0. The van der Waals surface area contributed by atoms with Crippen molar-refractivity contribution in [3.05, 3.63) is 59.4 Å². The first kappa shape index (κ1) is 12.8. The summed E-state index contributed by atoms with van der Waals surface area (Å²) in [4.78, 5) is 4.37. The molecule has 0 amide bonds. The van der Waals surface area contributed by atoms with E-state index in [4.69, 9.17) is 8.33 Å². The van der Waals surface area contributed by atoms with Gasteiger partial charge in [0.05, 0.1) is 17.8 Å². The van der Waals surface area contributed by atoms with Crippen LogP contribution in [0, 0.1) is 11.3 Å². The van der Waals surface area contributed by atoms with Crippen LogP contribution in [0.3, 0.4) is 0 Å². The number of aromatic nitrogens is 1. The highest BCUT2D eigenvalue weighted by molar-refractivity contribution is 14.1. The van der Waals surface area contributed by atoms with E-state index in [1.165, 1.54) is 0 Å². The van der Waals surface area contributed by atoms with Gasteiger partial charge in [-0.15, -0.1) is 0 Å². The molecule has 2 aromatic rings. The van der Waals surface area contributed by atoms with Gasteiger partial charge in [0.2, 0.25) is 0 Å². The Balaban J connectivity index is 2.23. The fourth-order valence-electron chi connectivity index (χ4n) is 1.71. The highest BCUT2D eigenvalue weighted by Gasteiger charge is 2.09. The zero-order valence-corrected chi connectivity index (χ0v) is 12.0. The zero-order valence-electron chi connectivity index (χ0n) is 9.80. The maximum atomic E-state index is 8.76. The van der Waals surface area contributed by atoms with Gasteiger partial charge < -0.3 is 3.07 Å². The molecule has 0 saturated carbocycles. The molecule has 0 aliphatic heterocycles. The van der Waals surface area contributed by atoms with E-state index < -0.39 is 0 Å². The van der Waals surface area contributed by atoms with Crippen LogP contribution in [0.4, 0.5) is 0 Å². The molecule has 1 aromatic carbocycles. The van der Waals surface area contributed by atoms with Crippen molar-refractivity contribution in [2.24, 2.45) is 0 Å². The summed E-state index contributed by atoms with van der Waals surface area (Å²) in [5.74, 6) is 0.937. The van der Waals surface area contributed by atoms with Gasteiger partial charge in [-0.1, -0.05) is 19.1 Å². The lowest BCUT2D eigenvalue weighted by atomic mass is 9.96. The minimum absolute atomic E-state index is 0.195. The maximum Gasteiger partial charge on any atom is 0.192 e. The molecule has 0 N–H and O–H groups in total. The lowest BCUT2D eigenvalue weighted by molar-refractivity contribution is 0.706. The third-order valence-electron chi connectivity index (χ3n) is 2.83. The van der Waals surface area contributed by atoms with Gasteiger partial charge in [-0.3, -0.25) is 4.98 Å². The summed E-state index contributed by atoms with van der Waals surface area (Å²) in [6.07, 6.45) is 1.71. The summed E-state index contributed by atoms with van der Waals surface area (Å²) in [6, 6.07) is 13.6. The first-order valence-corrected chi connectivity index (χ1v) is 6.37. The number of benzene rings is 1. The molecular weight excluding hydrogens is 339 g/mol. The van der Waals surface area contributed by atoms with Crippen LogP contribution in [0.2, 0.25) is 0 Å². The second-order valence-corrected chi connectivity index (χ2v) is 4.39. The summed E-state index contributed by atoms with van der Waals surface area (Å²) in [5, 5.41) is 8.76. The van der Waals surface area contributed by atoms with Crippen molar-refractivity contribution >= 4 is 23.0 Å². The molecule has 2 rings (SSSR count). The van der Waals surface area contributed by atoms with Crippen LogP contribution >= 0.6 is 23.0 Å². The van der Waals surface area contributed by atoms with Crippen molar-refractivity contribution in [2.75, 3.05) is 0 Å². The molecule has 4 heteroatoms. The summed E-state index contributed by atoms with van der Waals surface area (Å²) >= 11 is 1.83. The van der Waals surface area contributed by atoms with Crippen LogP contribution < -0.4 is 3.07 Å². The molecular formula is C14H11IN2O. The Labute approximate surface area is 120 Å². The van der Waals surface area contributed by atoms with Crippen LogP contribution in [0.15, 0.2) is 42.6 Å². The molecule has 0 aliphatic rings. The Kier molecular flexibility index (Phi) is 4.15. The predicted octanol–water partition coefficient (Wildman–Crippen LogP) is 3.83. The van der Waals surface area contributed by atoms with Gasteiger partial charge in [0.25, 0.3) is 0 Å². The first-order chi connectivity index (χ1) is 8.74. The lowest BCUT2D eigenvalue weighted by Crippen LogP contribution is -1.98. The standard InChI is InChI=1S/C14H11IN2O/c1-10(12-4-2-11(8-16)3-5-12)14-7-6-13(18-15)9-17-14/h2-7,9-10H,1H3. The highest BCUT2D eigenvalue weighted by Crippen LogP contribution is 2.24. The SMILES string of the molecule is CC(c1ccc(C#N)cc1)c1ccc(OI)cn1. The Bertz CT molecular complexity index is 558. The minimum atomic E-state index is 0.195. The van der Waals surface area contributed by atoms with E-state index >= 15 is 0 Å². The van der Waals surface area contributed by atoms with Crippen LogP contribution in [0.5, 0.6) is 5.75 Å². The van der Waals surface area contributed by atoms with E-state index in [1.54, 1.807) is 6.20 Å². The van der Waals surface area contributed by atoms with Crippen molar-refractivity contribution < 1.29 is 3.07 Å². The van der Waals surface area contributed by atoms with Crippen LogP contribution in [0.25, 0.3) is 0 Å². The number of halogens is 1. The van der Waals surface area contributed by atoms with Gasteiger partial charge in [0.1, 0.15) is 0 Å². The number of pyridine rings is 1. The monoisotopic (exact) mass is 350 g/mol. The summed E-state index contributed by atoms with van der Waals surface area (Å²) in [6.45, 7) is 2.09. The van der Waals surface area contributed by atoms with Gasteiger partial charge in [0, 0.05) is 11.6 Å². The lowest BCUT2D eigenvalue weighted by Gasteiger charge is -2.11. The van der Waals surface area contributed by atoms with E-state index in [9.17, 15) is 0 Å². The number of nitriles is 1. The van der Waals surface area contributed by atoms with Crippen molar-refractivity contribution in [2.45, 2.75) is 12.8 Å². The Hall–Kier alpha value is -1.61. The molecule has 18 heavy (non-hydrogen) atoms.